The van der Waals surface area contributed by atoms with E-state index in [-0.39, 0.29) is 0 Å². The number of anilines is 2. The van der Waals surface area contributed by atoms with E-state index in [9.17, 15) is 0 Å². The molecule has 0 amide bonds. The van der Waals surface area contributed by atoms with Crippen LogP contribution in [0.5, 0.6) is 0 Å². The van der Waals surface area contributed by atoms with E-state index in [4.69, 9.17) is 0 Å². The molecule has 0 aliphatic rings. The van der Waals surface area contributed by atoms with Crippen LogP contribution in [-0.2, 0) is 0 Å². The SMILES string of the molecule is C=C/C=C(/c1ccc2c(Nc3ccccc3)c(C(=C)/C=C\C(=CC)c3cccc4ccccc34)ccc2c1)c1ccccc1C. The summed E-state index contributed by atoms with van der Waals surface area (Å²) in [5, 5.41) is 8.49. The summed E-state index contributed by atoms with van der Waals surface area (Å²) in [5.41, 5.74) is 11.2. The van der Waals surface area contributed by atoms with Gasteiger partial charge in [-0.05, 0) is 87.2 Å². The third-order valence-corrected chi connectivity index (χ3v) is 8.32. The molecule has 0 aliphatic carbocycles. The second-order valence-corrected chi connectivity index (χ2v) is 11.2. The topological polar surface area (TPSA) is 12.0 Å². The molecule has 6 rings (SSSR count). The summed E-state index contributed by atoms with van der Waals surface area (Å²) in [6.07, 6.45) is 10.4. The van der Waals surface area contributed by atoms with E-state index >= 15 is 0 Å². The molecular formula is C44H37N. The van der Waals surface area contributed by atoms with E-state index < -0.39 is 0 Å². The Hall–Kier alpha value is -5.66. The summed E-state index contributed by atoms with van der Waals surface area (Å²) in [5.74, 6) is 0. The molecule has 1 N–H and O–H groups in total. The summed E-state index contributed by atoms with van der Waals surface area (Å²) in [4.78, 5) is 0. The molecule has 0 saturated carbocycles. The maximum Gasteiger partial charge on any atom is 0.0543 e. The summed E-state index contributed by atoms with van der Waals surface area (Å²) < 4.78 is 0. The zero-order valence-electron chi connectivity index (χ0n) is 25.9. The third-order valence-electron chi connectivity index (χ3n) is 8.32. The predicted molar refractivity (Wildman–Crippen MR) is 198 cm³/mol. The number of hydrogen-bond acceptors (Lipinski definition) is 1. The van der Waals surface area contributed by atoms with Gasteiger partial charge >= 0.3 is 0 Å². The van der Waals surface area contributed by atoms with Crippen LogP contribution < -0.4 is 5.32 Å². The van der Waals surface area contributed by atoms with Crippen LogP contribution in [0.1, 0.15) is 34.7 Å². The van der Waals surface area contributed by atoms with Gasteiger partial charge in [-0.2, -0.15) is 0 Å². The van der Waals surface area contributed by atoms with Crippen LogP contribution in [0.25, 0.3) is 38.3 Å². The first-order valence-corrected chi connectivity index (χ1v) is 15.4. The van der Waals surface area contributed by atoms with Crippen molar-refractivity contribution in [2.75, 3.05) is 5.32 Å². The number of hydrogen-bond donors (Lipinski definition) is 1. The van der Waals surface area contributed by atoms with Gasteiger partial charge in [0.25, 0.3) is 0 Å². The van der Waals surface area contributed by atoms with Crippen molar-refractivity contribution in [2.45, 2.75) is 13.8 Å². The smallest absolute Gasteiger partial charge is 0.0543 e. The van der Waals surface area contributed by atoms with Crippen molar-refractivity contribution in [3.63, 3.8) is 0 Å². The third kappa shape index (κ3) is 6.20. The summed E-state index contributed by atoms with van der Waals surface area (Å²) in [6, 6.07) is 44.9. The number of fused-ring (bicyclic) bond motifs is 2. The maximum absolute atomic E-state index is 4.54. The Bertz CT molecular complexity index is 2120. The minimum atomic E-state index is 0.936. The van der Waals surface area contributed by atoms with Crippen molar-refractivity contribution in [1.29, 1.82) is 0 Å². The fourth-order valence-corrected chi connectivity index (χ4v) is 6.00. The van der Waals surface area contributed by atoms with Crippen LogP contribution in [0.2, 0.25) is 0 Å². The van der Waals surface area contributed by atoms with Crippen molar-refractivity contribution < 1.29 is 0 Å². The van der Waals surface area contributed by atoms with Crippen molar-refractivity contribution >= 4 is 49.6 Å². The fourth-order valence-electron chi connectivity index (χ4n) is 6.00. The Morgan fingerprint density at radius 1 is 0.644 bits per heavy atom. The largest absolute Gasteiger partial charge is 0.355 e. The Morgan fingerprint density at radius 2 is 1.38 bits per heavy atom. The van der Waals surface area contributed by atoms with E-state index in [2.05, 4.69) is 178 Å². The number of allylic oxidation sites excluding steroid dienone is 7. The molecule has 6 aromatic rings. The second-order valence-electron chi connectivity index (χ2n) is 11.2. The molecule has 0 atom stereocenters. The van der Waals surface area contributed by atoms with Gasteiger partial charge in [0.1, 0.15) is 0 Å². The molecule has 0 aliphatic heterocycles. The molecule has 0 bridgehead atoms. The molecule has 0 spiro atoms. The average Bonchev–Trinajstić information content (AvgIpc) is 3.08. The quantitative estimate of drug-likeness (QED) is 0.168. The maximum atomic E-state index is 4.54. The highest BCUT2D eigenvalue weighted by molar-refractivity contribution is 6.04. The molecule has 218 valence electrons. The second kappa shape index (κ2) is 13.3. The van der Waals surface area contributed by atoms with Crippen molar-refractivity contribution in [2.24, 2.45) is 0 Å². The normalized spacial score (nSPS) is 12.1. The molecule has 0 fully saturated rings. The first-order valence-electron chi connectivity index (χ1n) is 15.4. The fraction of sp³-hybridized carbons (Fsp3) is 0.0455. The minimum absolute atomic E-state index is 0.936. The Morgan fingerprint density at radius 3 is 2.18 bits per heavy atom. The van der Waals surface area contributed by atoms with Gasteiger partial charge in [0.2, 0.25) is 0 Å². The van der Waals surface area contributed by atoms with Gasteiger partial charge in [0.05, 0.1) is 5.69 Å². The number of benzene rings is 6. The van der Waals surface area contributed by atoms with Crippen LogP contribution in [0, 0.1) is 6.92 Å². The molecule has 1 nitrogen and oxygen atoms in total. The first kappa shape index (κ1) is 29.4. The van der Waals surface area contributed by atoms with Gasteiger partial charge in [-0.1, -0.05) is 153 Å². The Balaban J connectivity index is 1.42. The number of rotatable bonds is 9. The van der Waals surface area contributed by atoms with E-state index in [0.29, 0.717) is 0 Å². The Labute approximate surface area is 266 Å². The molecule has 0 unspecified atom stereocenters. The first-order chi connectivity index (χ1) is 22.1. The van der Waals surface area contributed by atoms with Crippen molar-refractivity contribution in [3.8, 4) is 0 Å². The molecule has 1 heteroatoms. The van der Waals surface area contributed by atoms with Gasteiger partial charge < -0.3 is 5.32 Å². The monoisotopic (exact) mass is 579 g/mol. The predicted octanol–water partition coefficient (Wildman–Crippen LogP) is 12.3. The Kier molecular flexibility index (Phi) is 8.71. The van der Waals surface area contributed by atoms with Crippen LogP contribution >= 0.6 is 0 Å². The standard InChI is InChI=1S/C44H37N/c1-5-15-40(38-21-12-10-16-31(38)3)35-27-29-43-36(30-35)26-28-39(44(43)45-37-19-8-7-9-20-37)32(4)24-25-33(6-2)41-23-14-18-34-17-11-13-22-42(34)41/h5-30,45H,1,4H2,2-3H3/b25-24-,33-6?,40-15-. The number of para-hydroxylation sites is 1. The molecule has 0 heterocycles. The zero-order chi connectivity index (χ0) is 31.2. The lowest BCUT2D eigenvalue weighted by atomic mass is 9.91. The molecule has 6 aromatic carbocycles. The van der Waals surface area contributed by atoms with Gasteiger partial charge in [0, 0.05) is 16.6 Å². The van der Waals surface area contributed by atoms with Gasteiger partial charge in [-0.15, -0.1) is 0 Å². The van der Waals surface area contributed by atoms with E-state index in [1.807, 2.05) is 12.1 Å². The molecule has 0 saturated heterocycles. The van der Waals surface area contributed by atoms with Gasteiger partial charge in [0.15, 0.2) is 0 Å². The van der Waals surface area contributed by atoms with Crippen LogP contribution in [-0.4, -0.2) is 0 Å². The summed E-state index contributed by atoms with van der Waals surface area (Å²) in [7, 11) is 0. The molecule has 0 radical (unpaired) electrons. The van der Waals surface area contributed by atoms with E-state index in [1.165, 1.54) is 27.5 Å². The molecule has 45 heavy (non-hydrogen) atoms. The van der Waals surface area contributed by atoms with Crippen LogP contribution in [0.3, 0.4) is 0 Å². The highest BCUT2D eigenvalue weighted by Crippen LogP contribution is 2.37. The van der Waals surface area contributed by atoms with E-state index in [0.717, 1.165) is 50.0 Å². The summed E-state index contributed by atoms with van der Waals surface area (Å²) in [6.45, 7) is 12.8. The van der Waals surface area contributed by atoms with Gasteiger partial charge in [-0.3, -0.25) is 0 Å². The van der Waals surface area contributed by atoms with Crippen LogP contribution in [0.4, 0.5) is 11.4 Å². The van der Waals surface area contributed by atoms with E-state index in [1.54, 1.807) is 0 Å². The van der Waals surface area contributed by atoms with Gasteiger partial charge in [-0.25, -0.2) is 0 Å². The van der Waals surface area contributed by atoms with Crippen molar-refractivity contribution in [1.82, 2.24) is 0 Å². The highest BCUT2D eigenvalue weighted by atomic mass is 14.9. The lowest BCUT2D eigenvalue weighted by Crippen LogP contribution is -1.98. The van der Waals surface area contributed by atoms with Crippen molar-refractivity contribution in [3.05, 3.63) is 199 Å². The lowest BCUT2D eigenvalue weighted by molar-refractivity contribution is 1.41. The summed E-state index contributed by atoms with van der Waals surface area (Å²) >= 11 is 0. The minimum Gasteiger partial charge on any atom is -0.355 e. The average molecular weight is 580 g/mol. The van der Waals surface area contributed by atoms with Crippen LogP contribution in [0.15, 0.2) is 171 Å². The highest BCUT2D eigenvalue weighted by Gasteiger charge is 2.14. The zero-order valence-corrected chi connectivity index (χ0v) is 25.9. The number of nitrogens with one attached hydrogen (secondary N) is 1. The molecule has 0 aromatic heterocycles. The lowest BCUT2D eigenvalue weighted by Gasteiger charge is -2.18. The molecular weight excluding hydrogens is 542 g/mol. The number of aryl methyl sites for hydroxylation is 1.